The Hall–Kier alpha value is -1.20. The fourth-order valence-electron chi connectivity index (χ4n) is 1.38. The molecule has 0 saturated carbocycles. The molecule has 2 rings (SSSR count). The number of hydrogen-bond donors (Lipinski definition) is 1. The maximum atomic E-state index is 11.5. The van der Waals surface area contributed by atoms with Gasteiger partial charge in [0.25, 0.3) is 0 Å². The van der Waals surface area contributed by atoms with E-state index in [0.29, 0.717) is 29.0 Å². The molecule has 0 fully saturated rings. The maximum Gasteiger partial charge on any atom is 0.229 e. The number of rotatable bonds is 4. The lowest BCUT2D eigenvalue weighted by Gasteiger charge is -2.06. The molecule has 1 aromatic rings. The van der Waals surface area contributed by atoms with E-state index in [-0.39, 0.29) is 5.91 Å². The van der Waals surface area contributed by atoms with Gasteiger partial charge in [-0.3, -0.25) is 9.79 Å². The van der Waals surface area contributed by atoms with E-state index in [2.05, 4.69) is 10.3 Å². The Bertz CT molecular complexity index is 448. The van der Waals surface area contributed by atoms with Crippen LogP contribution in [0.15, 0.2) is 29.3 Å². The van der Waals surface area contributed by atoms with Crippen LogP contribution in [-0.4, -0.2) is 30.0 Å². The first-order valence-electron chi connectivity index (χ1n) is 5.59. The van der Waals surface area contributed by atoms with Crippen LogP contribution in [0.2, 0.25) is 5.02 Å². The van der Waals surface area contributed by atoms with Gasteiger partial charge in [0, 0.05) is 10.8 Å². The van der Waals surface area contributed by atoms with Crippen molar-refractivity contribution in [3.05, 3.63) is 29.3 Å². The molecule has 0 aliphatic carbocycles. The van der Waals surface area contributed by atoms with E-state index in [1.54, 1.807) is 36.0 Å². The topological polar surface area (TPSA) is 50.7 Å². The molecule has 0 atom stereocenters. The Labute approximate surface area is 115 Å². The zero-order chi connectivity index (χ0) is 12.8. The molecule has 96 valence electrons. The van der Waals surface area contributed by atoms with Gasteiger partial charge in [-0.15, -0.1) is 0 Å². The van der Waals surface area contributed by atoms with Gasteiger partial charge in [0.1, 0.15) is 5.75 Å². The van der Waals surface area contributed by atoms with Gasteiger partial charge in [0.15, 0.2) is 5.17 Å². The van der Waals surface area contributed by atoms with E-state index in [4.69, 9.17) is 16.3 Å². The molecular formula is C12H13ClN2O2S. The number of hydrogen-bond acceptors (Lipinski definition) is 4. The lowest BCUT2D eigenvalue weighted by molar-refractivity contribution is -0.120. The predicted octanol–water partition coefficient (Wildman–Crippen LogP) is 2.33. The second-order valence-electron chi connectivity index (χ2n) is 3.64. The number of amides is 1. The third-order valence-electron chi connectivity index (χ3n) is 2.24. The number of ether oxygens (including phenoxy) is 1. The molecule has 0 bridgehead atoms. The number of carbonyl (C=O) groups is 1. The molecule has 6 heteroatoms. The van der Waals surface area contributed by atoms with E-state index in [1.165, 1.54) is 0 Å². The predicted molar refractivity (Wildman–Crippen MR) is 74.5 cm³/mol. The number of halogens is 1. The first-order valence-corrected chi connectivity index (χ1v) is 6.96. The highest BCUT2D eigenvalue weighted by molar-refractivity contribution is 8.14. The largest absolute Gasteiger partial charge is 0.493 e. The lowest BCUT2D eigenvalue weighted by Crippen LogP contribution is -2.28. The van der Waals surface area contributed by atoms with Gasteiger partial charge in [0.2, 0.25) is 5.91 Å². The Balaban J connectivity index is 1.68. The first kappa shape index (κ1) is 13.2. The van der Waals surface area contributed by atoms with Crippen LogP contribution in [0.1, 0.15) is 6.42 Å². The van der Waals surface area contributed by atoms with Crippen molar-refractivity contribution in [2.75, 3.05) is 18.9 Å². The highest BCUT2D eigenvalue weighted by atomic mass is 35.5. The minimum absolute atomic E-state index is 0.0721. The van der Waals surface area contributed by atoms with E-state index in [0.717, 1.165) is 12.3 Å². The minimum Gasteiger partial charge on any atom is -0.493 e. The molecular weight excluding hydrogens is 272 g/mol. The Kier molecular flexibility index (Phi) is 4.90. The summed E-state index contributed by atoms with van der Waals surface area (Å²) in [5.41, 5.74) is 0. The van der Waals surface area contributed by atoms with Crippen molar-refractivity contribution in [3.63, 3.8) is 0 Å². The standard InChI is InChI=1S/C12H13ClN2O2S/c13-9-1-3-10(4-2-9)17-7-5-11(16)15-12-14-6-8-18-12/h1-4H,5-8H2,(H,14,15,16). The van der Waals surface area contributed by atoms with Crippen LogP contribution < -0.4 is 10.1 Å². The van der Waals surface area contributed by atoms with Crippen LogP contribution in [0, 0.1) is 0 Å². The van der Waals surface area contributed by atoms with Gasteiger partial charge in [0.05, 0.1) is 19.6 Å². The molecule has 18 heavy (non-hydrogen) atoms. The van der Waals surface area contributed by atoms with Crippen LogP contribution in [-0.2, 0) is 4.79 Å². The fraction of sp³-hybridized carbons (Fsp3) is 0.333. The molecule has 0 aromatic heterocycles. The summed E-state index contributed by atoms with van der Waals surface area (Å²) < 4.78 is 5.43. The number of nitrogens with one attached hydrogen (secondary N) is 1. The summed E-state index contributed by atoms with van der Waals surface area (Å²) in [7, 11) is 0. The molecule has 1 heterocycles. The Morgan fingerprint density at radius 1 is 1.44 bits per heavy atom. The third-order valence-corrected chi connectivity index (χ3v) is 3.39. The molecule has 1 N–H and O–H groups in total. The molecule has 1 aliphatic heterocycles. The minimum atomic E-state index is -0.0721. The zero-order valence-corrected chi connectivity index (χ0v) is 11.3. The molecule has 0 saturated heterocycles. The highest BCUT2D eigenvalue weighted by Crippen LogP contribution is 2.15. The lowest BCUT2D eigenvalue weighted by atomic mass is 10.3. The molecule has 0 unspecified atom stereocenters. The van der Waals surface area contributed by atoms with Crippen molar-refractivity contribution in [3.8, 4) is 5.75 Å². The smallest absolute Gasteiger partial charge is 0.229 e. The van der Waals surface area contributed by atoms with Gasteiger partial charge in [-0.25, -0.2) is 0 Å². The van der Waals surface area contributed by atoms with Gasteiger partial charge >= 0.3 is 0 Å². The summed E-state index contributed by atoms with van der Waals surface area (Å²) in [6, 6.07) is 7.05. The van der Waals surface area contributed by atoms with Crippen LogP contribution in [0.3, 0.4) is 0 Å². The first-order chi connectivity index (χ1) is 8.74. The summed E-state index contributed by atoms with van der Waals surface area (Å²) in [4.78, 5) is 15.7. The summed E-state index contributed by atoms with van der Waals surface area (Å²) >= 11 is 7.32. The van der Waals surface area contributed by atoms with Gasteiger partial charge < -0.3 is 10.1 Å². The van der Waals surface area contributed by atoms with Crippen molar-refractivity contribution in [2.24, 2.45) is 4.99 Å². The Morgan fingerprint density at radius 2 is 2.22 bits per heavy atom. The SMILES string of the molecule is O=C(CCOc1ccc(Cl)cc1)NC1=NCCS1. The summed E-state index contributed by atoms with van der Waals surface area (Å²) in [6.45, 7) is 1.12. The van der Waals surface area contributed by atoms with Crippen molar-refractivity contribution < 1.29 is 9.53 Å². The van der Waals surface area contributed by atoms with E-state index < -0.39 is 0 Å². The molecule has 4 nitrogen and oxygen atoms in total. The third kappa shape index (κ3) is 4.23. The van der Waals surface area contributed by atoms with Gasteiger partial charge in [-0.2, -0.15) is 0 Å². The monoisotopic (exact) mass is 284 g/mol. The molecule has 1 aromatic carbocycles. The quantitative estimate of drug-likeness (QED) is 0.923. The van der Waals surface area contributed by atoms with Crippen LogP contribution >= 0.6 is 23.4 Å². The summed E-state index contributed by atoms with van der Waals surface area (Å²) in [6.07, 6.45) is 0.308. The summed E-state index contributed by atoms with van der Waals surface area (Å²) in [5, 5.41) is 4.12. The fourth-order valence-corrected chi connectivity index (χ4v) is 2.26. The number of thioether (sulfide) groups is 1. The van der Waals surface area contributed by atoms with Crippen molar-refractivity contribution in [2.45, 2.75) is 6.42 Å². The average Bonchev–Trinajstić information content (AvgIpc) is 2.84. The van der Waals surface area contributed by atoms with E-state index in [1.807, 2.05) is 0 Å². The van der Waals surface area contributed by atoms with Crippen molar-refractivity contribution in [1.82, 2.24) is 5.32 Å². The maximum absolute atomic E-state index is 11.5. The number of amidine groups is 1. The van der Waals surface area contributed by atoms with E-state index in [9.17, 15) is 4.79 Å². The molecule has 1 aliphatic rings. The normalized spacial score (nSPS) is 14.2. The molecule has 1 amide bonds. The van der Waals surface area contributed by atoms with Crippen LogP contribution in [0.4, 0.5) is 0 Å². The molecule has 0 spiro atoms. The summed E-state index contributed by atoms with van der Waals surface area (Å²) in [5.74, 6) is 1.58. The number of nitrogens with zero attached hydrogens (tertiary/aromatic N) is 1. The van der Waals surface area contributed by atoms with Gasteiger partial charge in [-0.1, -0.05) is 23.4 Å². The number of benzene rings is 1. The molecule has 0 radical (unpaired) electrons. The number of aliphatic imine (C=N–C) groups is 1. The van der Waals surface area contributed by atoms with Gasteiger partial charge in [-0.05, 0) is 24.3 Å². The number of carbonyl (C=O) groups excluding carboxylic acids is 1. The Morgan fingerprint density at radius 3 is 2.89 bits per heavy atom. The highest BCUT2D eigenvalue weighted by Gasteiger charge is 2.10. The van der Waals surface area contributed by atoms with Crippen LogP contribution in [0.25, 0.3) is 0 Å². The average molecular weight is 285 g/mol. The van der Waals surface area contributed by atoms with Crippen molar-refractivity contribution in [1.29, 1.82) is 0 Å². The second kappa shape index (κ2) is 6.66. The van der Waals surface area contributed by atoms with Crippen LogP contribution in [0.5, 0.6) is 5.75 Å². The van der Waals surface area contributed by atoms with E-state index >= 15 is 0 Å². The second-order valence-corrected chi connectivity index (χ2v) is 5.16. The zero-order valence-electron chi connectivity index (χ0n) is 9.69. The van der Waals surface area contributed by atoms with Crippen molar-refractivity contribution >= 4 is 34.4 Å².